The van der Waals surface area contributed by atoms with Crippen molar-refractivity contribution in [2.45, 2.75) is 0 Å². The predicted molar refractivity (Wildman–Crippen MR) is 128 cm³/mol. The maximum absolute atomic E-state index is 14.3. The lowest BCUT2D eigenvalue weighted by Crippen LogP contribution is -2.12. The third-order valence-corrected chi connectivity index (χ3v) is 5.78. The molecule has 0 aliphatic rings. The zero-order chi connectivity index (χ0) is 24.9. The number of nitrogens with zero attached hydrogens (tertiary/aromatic N) is 3. The van der Waals surface area contributed by atoms with Crippen LogP contribution in [0.3, 0.4) is 0 Å². The largest absolute Gasteiger partial charge is 0.493 e. The molecule has 0 bridgehead atoms. The second-order valence-electron chi connectivity index (χ2n) is 7.13. The first-order chi connectivity index (χ1) is 16.9. The van der Waals surface area contributed by atoms with E-state index in [4.69, 9.17) is 14.2 Å². The lowest BCUT2D eigenvalue weighted by Gasteiger charge is -2.12. The summed E-state index contributed by atoms with van der Waals surface area (Å²) in [4.78, 5) is 4.65. The van der Waals surface area contributed by atoms with E-state index in [1.54, 1.807) is 35.9 Å². The van der Waals surface area contributed by atoms with Crippen molar-refractivity contribution in [2.24, 2.45) is 10.1 Å². The van der Waals surface area contributed by atoms with E-state index in [0.717, 1.165) is 12.1 Å². The van der Waals surface area contributed by atoms with E-state index in [9.17, 15) is 13.2 Å². The molecule has 6 nitrogen and oxygen atoms in total. The second kappa shape index (κ2) is 10.5. The van der Waals surface area contributed by atoms with Crippen molar-refractivity contribution in [2.75, 3.05) is 21.3 Å². The molecule has 3 aromatic carbocycles. The van der Waals surface area contributed by atoms with Gasteiger partial charge >= 0.3 is 0 Å². The van der Waals surface area contributed by atoms with E-state index < -0.39 is 11.6 Å². The second-order valence-corrected chi connectivity index (χ2v) is 7.97. The van der Waals surface area contributed by atoms with Gasteiger partial charge in [-0.15, -0.1) is 11.3 Å². The van der Waals surface area contributed by atoms with Crippen LogP contribution in [0.5, 0.6) is 17.2 Å². The van der Waals surface area contributed by atoms with Crippen LogP contribution in [0.15, 0.2) is 70.1 Å². The molecule has 10 heteroatoms. The van der Waals surface area contributed by atoms with Crippen LogP contribution in [-0.2, 0) is 0 Å². The lowest BCUT2D eigenvalue weighted by molar-refractivity contribution is 0.324. The molecule has 1 heterocycles. The summed E-state index contributed by atoms with van der Waals surface area (Å²) in [6, 6.07) is 12.4. The minimum atomic E-state index is -0.804. The highest BCUT2D eigenvalue weighted by molar-refractivity contribution is 7.07. The fourth-order valence-corrected chi connectivity index (χ4v) is 4.13. The smallest absolute Gasteiger partial charge is 0.211 e. The van der Waals surface area contributed by atoms with Crippen molar-refractivity contribution < 1.29 is 27.4 Å². The molecule has 0 saturated carbocycles. The molecule has 0 atom stereocenters. The zero-order valence-corrected chi connectivity index (χ0v) is 19.8. The number of hydrogen-bond donors (Lipinski definition) is 0. The van der Waals surface area contributed by atoms with Crippen LogP contribution in [0.2, 0.25) is 0 Å². The predicted octanol–water partition coefficient (Wildman–Crippen LogP) is 5.77. The number of methoxy groups -OCH3 is 3. The monoisotopic (exact) mass is 499 g/mol. The molecule has 0 fully saturated rings. The van der Waals surface area contributed by atoms with Gasteiger partial charge < -0.3 is 14.2 Å². The van der Waals surface area contributed by atoms with Gasteiger partial charge in [0.2, 0.25) is 10.6 Å². The van der Waals surface area contributed by atoms with Crippen LogP contribution in [0.1, 0.15) is 5.56 Å². The molecule has 0 N–H and O–H groups in total. The average Bonchev–Trinajstić information content (AvgIpc) is 3.26. The van der Waals surface area contributed by atoms with Crippen molar-refractivity contribution >= 4 is 23.2 Å². The molecule has 0 spiro atoms. The van der Waals surface area contributed by atoms with Gasteiger partial charge in [-0.3, -0.25) is 0 Å². The molecular formula is C25H20F3N3O3S. The molecule has 4 aromatic rings. The third kappa shape index (κ3) is 5.22. The summed E-state index contributed by atoms with van der Waals surface area (Å²) >= 11 is 1.20. The summed E-state index contributed by atoms with van der Waals surface area (Å²) in [5, 5.41) is 6.31. The number of benzene rings is 3. The summed E-state index contributed by atoms with van der Waals surface area (Å²) in [6.07, 6.45) is 1.55. The van der Waals surface area contributed by atoms with E-state index in [0.29, 0.717) is 38.9 Å². The first-order valence-corrected chi connectivity index (χ1v) is 11.1. The zero-order valence-electron chi connectivity index (χ0n) is 19.0. The van der Waals surface area contributed by atoms with Gasteiger partial charge in [-0.2, -0.15) is 5.10 Å². The maximum Gasteiger partial charge on any atom is 0.211 e. The molecular weight excluding hydrogens is 479 g/mol. The van der Waals surface area contributed by atoms with E-state index in [1.807, 2.05) is 0 Å². The highest BCUT2D eigenvalue weighted by Crippen LogP contribution is 2.37. The Labute approximate surface area is 203 Å². The Morgan fingerprint density at radius 2 is 1.49 bits per heavy atom. The Hall–Kier alpha value is -4.05. The Morgan fingerprint density at radius 1 is 0.829 bits per heavy atom. The van der Waals surface area contributed by atoms with Crippen LogP contribution in [0.25, 0.3) is 11.3 Å². The van der Waals surface area contributed by atoms with E-state index in [1.165, 1.54) is 55.5 Å². The topological polar surface area (TPSA) is 57.3 Å². The molecule has 0 radical (unpaired) electrons. The molecule has 0 unspecified atom stereocenters. The van der Waals surface area contributed by atoms with Gasteiger partial charge in [0.05, 0.1) is 33.2 Å². The van der Waals surface area contributed by atoms with E-state index in [-0.39, 0.29) is 11.5 Å². The van der Waals surface area contributed by atoms with Crippen LogP contribution < -0.4 is 19.0 Å². The normalized spacial score (nSPS) is 11.8. The number of hydrogen-bond acceptors (Lipinski definition) is 6. The van der Waals surface area contributed by atoms with Crippen molar-refractivity contribution in [3.8, 4) is 28.5 Å². The first-order valence-electron chi connectivity index (χ1n) is 10.2. The molecule has 1 aromatic heterocycles. The number of aromatic nitrogens is 1. The van der Waals surface area contributed by atoms with Crippen molar-refractivity contribution in [1.82, 2.24) is 4.68 Å². The standard InChI is InChI=1S/C25H20F3N3O3S/c1-32-22-10-15(11-23(33-2)24(22)34-3)13-29-31-21(16-4-6-17(26)7-5-16)14-35-25(31)30-20-9-8-18(27)12-19(20)28/h4-14H,1-3H3/b29-13+,30-25?. The number of thiazole rings is 1. The molecule has 0 aliphatic carbocycles. The highest BCUT2D eigenvalue weighted by atomic mass is 32.1. The van der Waals surface area contributed by atoms with Crippen molar-refractivity contribution in [3.05, 3.63) is 87.8 Å². The Bertz CT molecular complexity index is 1420. The summed E-state index contributed by atoms with van der Waals surface area (Å²) in [7, 11) is 4.52. The minimum Gasteiger partial charge on any atom is -0.493 e. The molecule has 180 valence electrons. The van der Waals surface area contributed by atoms with Gasteiger partial charge in [-0.05, 0) is 48.5 Å². The van der Waals surface area contributed by atoms with E-state index >= 15 is 0 Å². The summed E-state index contributed by atoms with van der Waals surface area (Å²) < 4.78 is 58.7. The summed E-state index contributed by atoms with van der Waals surface area (Å²) in [5.41, 5.74) is 1.85. The van der Waals surface area contributed by atoms with Crippen molar-refractivity contribution in [3.63, 3.8) is 0 Å². The van der Waals surface area contributed by atoms with Gasteiger partial charge in [0.25, 0.3) is 0 Å². The molecule has 4 rings (SSSR count). The Balaban J connectivity index is 1.86. The SMILES string of the molecule is COc1cc(/C=N/n2c(-c3ccc(F)cc3)csc2=Nc2ccc(F)cc2F)cc(OC)c1OC. The average molecular weight is 500 g/mol. The van der Waals surface area contributed by atoms with Gasteiger partial charge in [-0.25, -0.2) is 22.8 Å². The highest BCUT2D eigenvalue weighted by Gasteiger charge is 2.13. The summed E-state index contributed by atoms with van der Waals surface area (Å²) in [5.74, 6) is -0.560. The van der Waals surface area contributed by atoms with Crippen LogP contribution in [0.4, 0.5) is 18.9 Å². The fourth-order valence-electron chi connectivity index (χ4n) is 3.28. The van der Waals surface area contributed by atoms with Gasteiger partial charge in [-0.1, -0.05) is 0 Å². The number of ether oxygens (including phenoxy) is 3. The number of rotatable bonds is 7. The van der Waals surface area contributed by atoms with Crippen LogP contribution in [-0.4, -0.2) is 32.2 Å². The fraction of sp³-hybridized carbons (Fsp3) is 0.120. The van der Waals surface area contributed by atoms with E-state index in [2.05, 4.69) is 10.1 Å². The molecule has 0 saturated heterocycles. The van der Waals surface area contributed by atoms with Gasteiger partial charge in [0.15, 0.2) is 17.3 Å². The quantitative estimate of drug-likeness (QED) is 0.303. The maximum atomic E-state index is 14.3. The molecule has 0 amide bonds. The first kappa shape index (κ1) is 24.1. The van der Waals surface area contributed by atoms with Crippen molar-refractivity contribution in [1.29, 1.82) is 0 Å². The summed E-state index contributed by atoms with van der Waals surface area (Å²) in [6.45, 7) is 0. The van der Waals surface area contributed by atoms with Crippen LogP contribution in [0, 0.1) is 17.5 Å². The Morgan fingerprint density at radius 3 is 2.09 bits per heavy atom. The van der Waals surface area contributed by atoms with Crippen LogP contribution >= 0.6 is 11.3 Å². The van der Waals surface area contributed by atoms with Gasteiger partial charge in [0, 0.05) is 22.6 Å². The van der Waals surface area contributed by atoms with Gasteiger partial charge in [0.1, 0.15) is 17.3 Å². The Kier molecular flexibility index (Phi) is 7.21. The molecule has 0 aliphatic heterocycles. The molecule has 35 heavy (non-hydrogen) atoms. The third-order valence-electron chi connectivity index (χ3n) is 4.96. The minimum absolute atomic E-state index is 0.0457. The number of halogens is 3. The lowest BCUT2D eigenvalue weighted by atomic mass is 10.2.